The number of halogens is 9. The van der Waals surface area contributed by atoms with Crippen molar-refractivity contribution in [3.8, 4) is 22.7 Å². The molecule has 0 bridgehead atoms. The molecule has 4 N–H and O–H groups in total. The van der Waals surface area contributed by atoms with E-state index in [2.05, 4.69) is 104 Å². The third-order valence-corrected chi connectivity index (χ3v) is 29.4. The third kappa shape index (κ3) is 16.2. The molecular formula is C101H103Cl2F7N8O4. The lowest BCUT2D eigenvalue weighted by Crippen LogP contribution is -2.45. The molecule has 5 saturated carbocycles. The summed E-state index contributed by atoms with van der Waals surface area (Å²) < 4.78 is 102. The Hall–Kier alpha value is -9.73. The number of hydrogen-bond donors (Lipinski definition) is 4. The van der Waals surface area contributed by atoms with Crippen LogP contribution < -0.4 is 0 Å². The number of aliphatic hydroxyl groups is 4. The van der Waals surface area contributed by atoms with Crippen LogP contribution in [0.1, 0.15) is 222 Å². The number of aliphatic hydroxyl groups excluding tert-OH is 4. The van der Waals surface area contributed by atoms with Gasteiger partial charge in [-0.3, -0.25) is 0 Å². The molecule has 5 fully saturated rings. The minimum Gasteiger partial charge on any atom is -0.393 e. The molecule has 634 valence electrons. The van der Waals surface area contributed by atoms with Crippen LogP contribution >= 0.6 is 23.2 Å². The summed E-state index contributed by atoms with van der Waals surface area (Å²) >= 11 is 12.4. The smallest absolute Gasteiger partial charge is 0.194 e. The first kappa shape index (κ1) is 84.5. The van der Waals surface area contributed by atoms with Crippen LogP contribution in [0, 0.1) is 106 Å². The van der Waals surface area contributed by atoms with Crippen molar-refractivity contribution in [2.45, 2.75) is 194 Å². The van der Waals surface area contributed by atoms with Gasteiger partial charge in [-0.2, -0.15) is 20.4 Å². The third-order valence-electron chi connectivity index (χ3n) is 29.0. The summed E-state index contributed by atoms with van der Waals surface area (Å²) in [7, 11) is 0. The maximum atomic E-state index is 13.8. The fourth-order valence-corrected chi connectivity index (χ4v) is 23.1. The normalized spacial score (nSPS) is 24.7. The summed E-state index contributed by atoms with van der Waals surface area (Å²) in [6.45, 7) is 13.2. The van der Waals surface area contributed by atoms with Crippen LogP contribution in [0.5, 0.6) is 0 Å². The Morgan fingerprint density at radius 2 is 0.615 bits per heavy atom. The highest BCUT2D eigenvalue weighted by atomic mass is 35.5. The van der Waals surface area contributed by atoms with E-state index in [0.717, 1.165) is 175 Å². The SMILES string of the molecule is C[C@]12Cc3cnn(-c4ccc(F)cc4)c3C=C1CCC[C@@H]2[C@@H](O)C1CCCC1.C[C@]12Cc3cnn(-c4ccc(F)cc4)c3C=C1CCC[C@@H]2[C@@H](O)c1cc(Cl)cc(Cl)c1.C[C@]12Cc3cnn(-c4ccc(F)cc4)c3C=C1CCC[C@@H]2[C@@H](O)c1cc(F)c(F)c(F)c1.Cc1cc(C)cc([C@H](O)[C@H]2CCCC3=Cc4c(cnn4-c4ccc(F)cc4)C[C@@]32C)c1. The molecule has 0 spiro atoms. The van der Waals surface area contributed by atoms with Crippen LogP contribution in [0.4, 0.5) is 30.7 Å². The van der Waals surface area contributed by atoms with Crippen molar-refractivity contribution in [1.82, 2.24) is 39.1 Å². The second-order valence-corrected chi connectivity index (χ2v) is 37.5. The summed E-state index contributed by atoms with van der Waals surface area (Å²) in [5.41, 5.74) is 20.9. The molecule has 12 nitrogen and oxygen atoms in total. The minimum atomic E-state index is -1.54. The first-order chi connectivity index (χ1) is 58.5. The van der Waals surface area contributed by atoms with Crippen LogP contribution in [-0.2, 0) is 25.7 Å². The highest BCUT2D eigenvalue weighted by molar-refractivity contribution is 6.34. The van der Waals surface area contributed by atoms with Crippen molar-refractivity contribution < 1.29 is 51.2 Å². The van der Waals surface area contributed by atoms with Gasteiger partial charge in [0, 0.05) is 10.0 Å². The Bertz CT molecular complexity index is 5620. The van der Waals surface area contributed by atoms with Crippen LogP contribution in [-0.4, -0.2) is 65.7 Å². The van der Waals surface area contributed by atoms with Gasteiger partial charge in [0.05, 0.1) is 94.7 Å². The van der Waals surface area contributed by atoms with Crippen molar-refractivity contribution in [3.63, 3.8) is 0 Å². The van der Waals surface area contributed by atoms with Crippen molar-refractivity contribution in [2.24, 2.45) is 51.2 Å². The summed E-state index contributed by atoms with van der Waals surface area (Å²) in [5.74, 6) is -4.48. The van der Waals surface area contributed by atoms with E-state index in [-0.39, 0.29) is 68.9 Å². The molecular weight excluding hydrogens is 1590 g/mol. The topological polar surface area (TPSA) is 152 Å². The second-order valence-electron chi connectivity index (χ2n) is 36.6. The van der Waals surface area contributed by atoms with Gasteiger partial charge in [0.25, 0.3) is 0 Å². The molecule has 0 unspecified atom stereocenters. The van der Waals surface area contributed by atoms with E-state index >= 15 is 0 Å². The van der Waals surface area contributed by atoms with Gasteiger partial charge in [0.1, 0.15) is 23.3 Å². The lowest BCUT2D eigenvalue weighted by molar-refractivity contribution is -0.0134. The molecule has 4 heterocycles. The number of nitrogens with zero attached hydrogens (tertiary/aromatic N) is 8. The summed E-state index contributed by atoms with van der Waals surface area (Å²) in [6.07, 6.45) is 33.8. The molecule has 0 amide bonds. The predicted molar refractivity (Wildman–Crippen MR) is 464 cm³/mol. The largest absolute Gasteiger partial charge is 0.393 e. The first-order valence-electron chi connectivity index (χ1n) is 43.1. The molecule has 4 aromatic heterocycles. The Morgan fingerprint density at radius 3 is 0.918 bits per heavy atom. The maximum Gasteiger partial charge on any atom is 0.194 e. The Balaban J connectivity index is 0.000000116. The molecule has 11 aromatic rings. The molecule has 20 rings (SSSR count). The molecule has 122 heavy (non-hydrogen) atoms. The maximum absolute atomic E-state index is 13.8. The first-order valence-corrected chi connectivity index (χ1v) is 43.9. The molecule has 0 radical (unpaired) electrons. The van der Waals surface area contributed by atoms with Gasteiger partial charge in [-0.25, -0.2) is 49.5 Å². The zero-order chi connectivity index (χ0) is 85.4. The Labute approximate surface area is 718 Å². The van der Waals surface area contributed by atoms with E-state index in [1.54, 1.807) is 77.6 Å². The minimum absolute atomic E-state index is 0.0178. The summed E-state index contributed by atoms with van der Waals surface area (Å²) in [5, 5.41) is 64.6. The number of aromatic nitrogens is 8. The van der Waals surface area contributed by atoms with Crippen LogP contribution in [0.2, 0.25) is 10.0 Å². The van der Waals surface area contributed by atoms with Gasteiger partial charge >= 0.3 is 0 Å². The standard InChI is InChI=1S/C27H29FN2O.C25H23Cl2FN2O.C25H22F4N2O.C24H29FN2O/c1-17-11-18(2)13-19(12-17)26(31)24-6-4-5-21-14-25-20(15-27(21,24)3)16-29-30(25)23-9-7-22(28)8-10-23;1-25-13-16-14-29-30(21-7-5-20(28)6-8-21)23(16)11-17(25)3-2-4-22(25)24(31)15-9-18(26)12-19(27)10-15;1-25-12-15-13-30-31(18-7-5-17(26)6-8-18)22(15)11-16(25)3-2-4-19(25)24(32)14-9-20(27)23(29)21(28)10-14;1-24-14-17-15-26-27(20-11-9-19(25)10-12-20)22(17)13-18(24)7-4-8-21(24)23(28)16-5-2-3-6-16/h7-14,16,24,26,31H,4-6,15H2,1-3H3;5-12,14,22,24,31H,2-4,13H2,1H3;5-11,13,19,24,32H,2-4,12H2,1H3;9-13,15-16,21,23,28H,2-8,14H2,1H3/t24-,26+,27+;22-,24+,25+;19-,24+,25+;21-,23+,24+/m1111/s1. The Morgan fingerprint density at radius 1 is 0.344 bits per heavy atom. The number of benzene rings is 7. The van der Waals surface area contributed by atoms with Crippen LogP contribution in [0.15, 0.2) is 193 Å². The molecule has 0 saturated heterocycles. The Kier molecular flexibility index (Phi) is 23.6. The zero-order valence-electron chi connectivity index (χ0n) is 69.6. The van der Waals surface area contributed by atoms with Crippen LogP contribution in [0.25, 0.3) is 47.1 Å². The number of hydrogen-bond acceptors (Lipinski definition) is 8. The van der Waals surface area contributed by atoms with E-state index in [0.29, 0.717) is 34.7 Å². The lowest BCUT2D eigenvalue weighted by Gasteiger charge is -2.48. The molecule has 12 atom stereocenters. The number of allylic oxidation sites excluding steroid dienone is 4. The van der Waals surface area contributed by atoms with Crippen molar-refractivity contribution in [3.05, 3.63) is 316 Å². The van der Waals surface area contributed by atoms with Gasteiger partial charge in [0.15, 0.2) is 17.5 Å². The predicted octanol–water partition coefficient (Wildman–Crippen LogP) is 24.1. The van der Waals surface area contributed by atoms with Crippen LogP contribution in [0.3, 0.4) is 0 Å². The van der Waals surface area contributed by atoms with Crippen molar-refractivity contribution in [2.75, 3.05) is 0 Å². The van der Waals surface area contributed by atoms with Gasteiger partial charge in [-0.05, 0) is 371 Å². The van der Waals surface area contributed by atoms with Crippen molar-refractivity contribution in [1.29, 1.82) is 0 Å². The fourth-order valence-electron chi connectivity index (χ4n) is 22.5. The van der Waals surface area contributed by atoms with Gasteiger partial charge in [0.2, 0.25) is 0 Å². The molecule has 21 heteroatoms. The van der Waals surface area contributed by atoms with E-state index in [1.165, 1.54) is 113 Å². The lowest BCUT2D eigenvalue weighted by atomic mass is 9.57. The van der Waals surface area contributed by atoms with Gasteiger partial charge in [-0.15, -0.1) is 0 Å². The van der Waals surface area contributed by atoms with Crippen molar-refractivity contribution >= 4 is 47.5 Å². The quantitative estimate of drug-likeness (QED) is 0.0697. The highest BCUT2D eigenvalue weighted by Crippen LogP contribution is 2.60. The fraction of sp³-hybridized carbons (Fsp3) is 0.386. The number of aryl methyl sites for hydroxylation is 2. The molecule has 0 aliphatic heterocycles. The number of fused-ring (bicyclic) bond motifs is 8. The van der Waals surface area contributed by atoms with E-state index < -0.39 is 41.2 Å². The van der Waals surface area contributed by atoms with E-state index in [1.807, 2.05) is 32.6 Å². The summed E-state index contributed by atoms with van der Waals surface area (Å²) in [4.78, 5) is 0. The molecule has 7 aromatic carbocycles. The van der Waals surface area contributed by atoms with E-state index in [4.69, 9.17) is 23.2 Å². The summed E-state index contributed by atoms with van der Waals surface area (Å²) in [6, 6.07) is 39.0. The van der Waals surface area contributed by atoms with E-state index in [9.17, 15) is 51.2 Å². The zero-order valence-corrected chi connectivity index (χ0v) is 71.1. The highest BCUT2D eigenvalue weighted by Gasteiger charge is 2.52. The van der Waals surface area contributed by atoms with Gasteiger partial charge < -0.3 is 20.4 Å². The average Bonchev–Trinajstić information content (AvgIpc) is 1.41. The number of rotatable bonds is 12. The monoisotopic (exact) mass is 1690 g/mol. The molecule has 9 aliphatic rings. The average molecular weight is 1700 g/mol. The molecule has 9 aliphatic carbocycles. The second kappa shape index (κ2) is 34.1. The van der Waals surface area contributed by atoms with Gasteiger partial charge in [-0.1, -0.05) is 115 Å².